The first kappa shape index (κ1) is 15.4. The second-order valence-electron chi connectivity index (χ2n) is 5.24. The molecule has 1 unspecified atom stereocenters. The SMILES string of the molecule is CC(N[C@H](C)c1cc(Br)cs1)c1cccc(-n2cnnc2)c1. The minimum absolute atomic E-state index is 0.257. The molecule has 2 atom stereocenters. The van der Waals surface area contributed by atoms with Crippen LogP contribution in [-0.4, -0.2) is 14.8 Å². The lowest BCUT2D eigenvalue weighted by Gasteiger charge is -2.20. The molecule has 0 spiro atoms. The summed E-state index contributed by atoms with van der Waals surface area (Å²) in [5.74, 6) is 0. The van der Waals surface area contributed by atoms with E-state index in [1.807, 2.05) is 4.57 Å². The van der Waals surface area contributed by atoms with Crippen molar-refractivity contribution >= 4 is 27.3 Å². The minimum Gasteiger partial charge on any atom is -0.303 e. The predicted octanol–water partition coefficient (Wildman–Crippen LogP) is 4.50. The average molecular weight is 377 g/mol. The van der Waals surface area contributed by atoms with Crippen LogP contribution in [0.2, 0.25) is 0 Å². The molecule has 2 aromatic heterocycles. The van der Waals surface area contributed by atoms with E-state index in [0.717, 1.165) is 10.2 Å². The van der Waals surface area contributed by atoms with Crippen molar-refractivity contribution in [1.29, 1.82) is 0 Å². The van der Waals surface area contributed by atoms with Crippen molar-refractivity contribution in [2.75, 3.05) is 0 Å². The monoisotopic (exact) mass is 376 g/mol. The Kier molecular flexibility index (Phi) is 4.71. The summed E-state index contributed by atoms with van der Waals surface area (Å²) >= 11 is 5.28. The molecule has 0 aliphatic rings. The normalized spacial score (nSPS) is 14.0. The smallest absolute Gasteiger partial charge is 0.123 e. The zero-order chi connectivity index (χ0) is 15.5. The third-order valence-electron chi connectivity index (χ3n) is 3.60. The molecule has 0 saturated heterocycles. The quantitative estimate of drug-likeness (QED) is 0.712. The lowest BCUT2D eigenvalue weighted by atomic mass is 10.1. The number of halogens is 1. The Morgan fingerprint density at radius 1 is 1.14 bits per heavy atom. The summed E-state index contributed by atoms with van der Waals surface area (Å²) in [6.07, 6.45) is 3.42. The van der Waals surface area contributed by atoms with Crippen LogP contribution in [0.25, 0.3) is 5.69 Å². The third-order valence-corrected chi connectivity index (χ3v) is 5.48. The molecule has 22 heavy (non-hydrogen) atoms. The van der Waals surface area contributed by atoms with E-state index in [-0.39, 0.29) is 6.04 Å². The first-order chi connectivity index (χ1) is 10.6. The molecule has 0 radical (unpaired) electrons. The zero-order valence-electron chi connectivity index (χ0n) is 12.4. The molecular formula is C16H17BrN4S. The molecule has 3 rings (SSSR count). The highest BCUT2D eigenvalue weighted by Crippen LogP contribution is 2.27. The highest BCUT2D eigenvalue weighted by molar-refractivity contribution is 9.10. The Bertz CT molecular complexity index is 738. The van der Waals surface area contributed by atoms with E-state index in [1.54, 1.807) is 24.0 Å². The van der Waals surface area contributed by atoms with Gasteiger partial charge in [-0.3, -0.25) is 4.57 Å². The molecular weight excluding hydrogens is 360 g/mol. The number of hydrogen-bond donors (Lipinski definition) is 1. The molecule has 2 heterocycles. The van der Waals surface area contributed by atoms with Crippen molar-refractivity contribution < 1.29 is 0 Å². The zero-order valence-corrected chi connectivity index (χ0v) is 14.8. The van der Waals surface area contributed by atoms with E-state index in [2.05, 4.69) is 81.0 Å². The van der Waals surface area contributed by atoms with Gasteiger partial charge in [0.2, 0.25) is 0 Å². The van der Waals surface area contributed by atoms with Gasteiger partial charge in [-0.25, -0.2) is 0 Å². The number of aromatic nitrogens is 3. The molecule has 4 nitrogen and oxygen atoms in total. The summed E-state index contributed by atoms with van der Waals surface area (Å²) in [7, 11) is 0. The van der Waals surface area contributed by atoms with Crippen molar-refractivity contribution in [3.8, 4) is 5.69 Å². The predicted molar refractivity (Wildman–Crippen MR) is 93.3 cm³/mol. The van der Waals surface area contributed by atoms with E-state index in [1.165, 1.54) is 10.4 Å². The van der Waals surface area contributed by atoms with Crippen LogP contribution in [0.5, 0.6) is 0 Å². The fourth-order valence-corrected chi connectivity index (χ4v) is 3.86. The minimum atomic E-state index is 0.257. The summed E-state index contributed by atoms with van der Waals surface area (Å²) in [5, 5.41) is 13.5. The molecule has 6 heteroatoms. The van der Waals surface area contributed by atoms with Crippen LogP contribution in [0.1, 0.15) is 36.4 Å². The van der Waals surface area contributed by atoms with Crippen LogP contribution in [-0.2, 0) is 0 Å². The highest BCUT2D eigenvalue weighted by Gasteiger charge is 2.13. The number of benzene rings is 1. The fraction of sp³-hybridized carbons (Fsp3) is 0.250. The number of nitrogens with zero attached hydrogens (tertiary/aromatic N) is 3. The fourth-order valence-electron chi connectivity index (χ4n) is 2.40. The maximum Gasteiger partial charge on any atom is 0.123 e. The topological polar surface area (TPSA) is 42.7 Å². The summed E-state index contributed by atoms with van der Waals surface area (Å²) in [6.45, 7) is 4.38. The van der Waals surface area contributed by atoms with Gasteiger partial charge in [0.05, 0.1) is 0 Å². The molecule has 0 saturated carbocycles. The molecule has 0 amide bonds. The summed E-state index contributed by atoms with van der Waals surface area (Å²) in [5.41, 5.74) is 2.32. The summed E-state index contributed by atoms with van der Waals surface area (Å²) < 4.78 is 3.05. The average Bonchev–Trinajstić information content (AvgIpc) is 3.18. The van der Waals surface area contributed by atoms with E-state index in [4.69, 9.17) is 0 Å². The molecule has 0 aliphatic carbocycles. The van der Waals surface area contributed by atoms with Crippen molar-refractivity contribution in [3.05, 3.63) is 63.3 Å². The standard InChI is InChI=1S/C16H17BrN4S/c1-11(20-12(2)16-7-14(17)8-22-16)13-4-3-5-15(6-13)21-9-18-19-10-21/h3-12,20H,1-2H3/t11?,12-/m1/s1. The number of nitrogens with one attached hydrogen (secondary N) is 1. The van der Waals surface area contributed by atoms with Crippen molar-refractivity contribution in [2.45, 2.75) is 25.9 Å². The third kappa shape index (κ3) is 3.45. The van der Waals surface area contributed by atoms with Gasteiger partial charge in [0, 0.05) is 32.5 Å². The summed E-state index contributed by atoms with van der Waals surface area (Å²) in [6, 6.07) is 11.2. The number of rotatable bonds is 5. The van der Waals surface area contributed by atoms with Gasteiger partial charge in [-0.1, -0.05) is 12.1 Å². The van der Waals surface area contributed by atoms with Gasteiger partial charge in [-0.2, -0.15) is 0 Å². The molecule has 0 bridgehead atoms. The van der Waals surface area contributed by atoms with E-state index in [9.17, 15) is 0 Å². The molecule has 0 fully saturated rings. The van der Waals surface area contributed by atoms with Gasteiger partial charge in [0.1, 0.15) is 12.7 Å². The first-order valence-electron chi connectivity index (χ1n) is 7.08. The first-order valence-corrected chi connectivity index (χ1v) is 8.75. The van der Waals surface area contributed by atoms with Gasteiger partial charge in [-0.05, 0) is 53.5 Å². The van der Waals surface area contributed by atoms with Gasteiger partial charge in [0.15, 0.2) is 0 Å². The lowest BCUT2D eigenvalue weighted by molar-refractivity contribution is 0.500. The van der Waals surface area contributed by atoms with Crippen LogP contribution < -0.4 is 5.32 Å². The van der Waals surface area contributed by atoms with Crippen LogP contribution in [0.3, 0.4) is 0 Å². The largest absolute Gasteiger partial charge is 0.303 e. The molecule has 1 N–H and O–H groups in total. The van der Waals surface area contributed by atoms with E-state index >= 15 is 0 Å². The molecule has 114 valence electrons. The number of hydrogen-bond acceptors (Lipinski definition) is 4. The van der Waals surface area contributed by atoms with Crippen LogP contribution in [0.4, 0.5) is 0 Å². The van der Waals surface area contributed by atoms with Gasteiger partial charge in [0.25, 0.3) is 0 Å². The molecule has 1 aromatic carbocycles. The maximum atomic E-state index is 3.86. The lowest BCUT2D eigenvalue weighted by Crippen LogP contribution is -2.21. The van der Waals surface area contributed by atoms with Crippen LogP contribution >= 0.6 is 27.3 Å². The Balaban J connectivity index is 1.75. The van der Waals surface area contributed by atoms with Crippen molar-refractivity contribution in [1.82, 2.24) is 20.1 Å². The Labute approximate surface area is 142 Å². The Hall–Kier alpha value is -1.50. The van der Waals surface area contributed by atoms with Gasteiger partial charge >= 0.3 is 0 Å². The maximum absolute atomic E-state index is 3.86. The Morgan fingerprint density at radius 3 is 2.59 bits per heavy atom. The number of thiophene rings is 1. The van der Waals surface area contributed by atoms with Crippen LogP contribution in [0, 0.1) is 0 Å². The summed E-state index contributed by atoms with van der Waals surface area (Å²) in [4.78, 5) is 1.33. The highest BCUT2D eigenvalue weighted by atomic mass is 79.9. The van der Waals surface area contributed by atoms with Crippen LogP contribution in [0.15, 0.2) is 52.8 Å². The van der Waals surface area contributed by atoms with Crippen molar-refractivity contribution in [3.63, 3.8) is 0 Å². The van der Waals surface area contributed by atoms with Crippen molar-refractivity contribution in [2.24, 2.45) is 0 Å². The van der Waals surface area contributed by atoms with E-state index < -0.39 is 0 Å². The van der Waals surface area contributed by atoms with Gasteiger partial charge in [-0.15, -0.1) is 21.5 Å². The second kappa shape index (κ2) is 6.73. The molecule has 0 aliphatic heterocycles. The Morgan fingerprint density at radius 2 is 1.91 bits per heavy atom. The second-order valence-corrected chi connectivity index (χ2v) is 7.10. The van der Waals surface area contributed by atoms with Gasteiger partial charge < -0.3 is 5.32 Å². The molecule has 3 aromatic rings. The van der Waals surface area contributed by atoms with E-state index in [0.29, 0.717) is 6.04 Å².